The highest BCUT2D eigenvalue weighted by molar-refractivity contribution is 6.61. The first-order valence-corrected chi connectivity index (χ1v) is 5.98. The summed E-state index contributed by atoms with van der Waals surface area (Å²) in [5, 5.41) is 0. The zero-order valence-electron chi connectivity index (χ0n) is 9.98. The molecular formula is C13H13BF2O2. The van der Waals surface area contributed by atoms with Crippen LogP contribution in [-0.4, -0.2) is 25.2 Å². The fourth-order valence-electron chi connectivity index (χ4n) is 2.40. The highest BCUT2D eigenvalue weighted by atomic mass is 19.3. The van der Waals surface area contributed by atoms with Gasteiger partial charge in [0.2, 0.25) is 0 Å². The predicted octanol–water partition coefficient (Wildman–Crippen LogP) is 2.15. The van der Waals surface area contributed by atoms with Crippen molar-refractivity contribution in [2.24, 2.45) is 0 Å². The molecule has 2 aliphatic rings. The molecule has 0 amide bonds. The van der Waals surface area contributed by atoms with Gasteiger partial charge in [-0.2, -0.15) is 0 Å². The number of alkyl halides is 2. The maximum atomic E-state index is 13.8. The van der Waals surface area contributed by atoms with Gasteiger partial charge in [0.15, 0.2) is 0 Å². The van der Waals surface area contributed by atoms with Gasteiger partial charge in [-0.1, -0.05) is 36.4 Å². The largest absolute Gasteiger partial charge is 0.494 e. The molecule has 3 rings (SSSR count). The lowest BCUT2D eigenvalue weighted by molar-refractivity contribution is -0.104. The lowest BCUT2D eigenvalue weighted by Crippen LogP contribution is -2.44. The van der Waals surface area contributed by atoms with E-state index in [1.807, 2.05) is 37.3 Å². The molecule has 1 aromatic rings. The van der Waals surface area contributed by atoms with E-state index in [0.717, 1.165) is 11.0 Å². The van der Waals surface area contributed by atoms with Crippen LogP contribution in [0.1, 0.15) is 13.3 Å². The molecule has 2 atom stereocenters. The second-order valence-electron chi connectivity index (χ2n) is 4.77. The average Bonchev–Trinajstić information content (AvgIpc) is 2.82. The molecule has 1 heterocycles. The highest BCUT2D eigenvalue weighted by Gasteiger charge is 2.55. The van der Waals surface area contributed by atoms with Crippen LogP contribution in [0.25, 0.3) is 0 Å². The van der Waals surface area contributed by atoms with E-state index in [1.54, 1.807) is 0 Å². The summed E-state index contributed by atoms with van der Waals surface area (Å²) >= 11 is 0. The van der Waals surface area contributed by atoms with Gasteiger partial charge < -0.3 is 9.31 Å². The number of allylic oxidation sites excluding steroid dienone is 1. The van der Waals surface area contributed by atoms with Crippen molar-refractivity contribution < 1.29 is 18.1 Å². The van der Waals surface area contributed by atoms with Crippen molar-refractivity contribution in [3.8, 4) is 0 Å². The Morgan fingerprint density at radius 2 is 1.94 bits per heavy atom. The second-order valence-corrected chi connectivity index (χ2v) is 4.77. The van der Waals surface area contributed by atoms with Crippen LogP contribution in [0.3, 0.4) is 0 Å². The molecule has 18 heavy (non-hydrogen) atoms. The minimum Gasteiger partial charge on any atom is -0.398 e. The molecule has 1 fully saturated rings. The standard InChI is InChI=1S/C13H13BF2O2/c1-9-7-8-13(15,16)12-11(9)17-14(18-12)10-5-3-2-4-6-10/h2-7,11-12H,8H2,1H3/t11-,12-/m0/s1. The van der Waals surface area contributed by atoms with E-state index in [2.05, 4.69) is 0 Å². The van der Waals surface area contributed by atoms with Crippen molar-refractivity contribution in [1.29, 1.82) is 0 Å². The normalized spacial score (nSPS) is 29.9. The number of benzene rings is 1. The Kier molecular flexibility index (Phi) is 2.75. The summed E-state index contributed by atoms with van der Waals surface area (Å²) in [5.41, 5.74) is 1.60. The zero-order chi connectivity index (χ0) is 12.8. The van der Waals surface area contributed by atoms with Crippen LogP contribution >= 0.6 is 0 Å². The van der Waals surface area contributed by atoms with Crippen LogP contribution in [0.5, 0.6) is 0 Å². The van der Waals surface area contributed by atoms with Gasteiger partial charge in [-0.25, -0.2) is 8.78 Å². The maximum Gasteiger partial charge on any atom is 0.494 e. The third-order valence-electron chi connectivity index (χ3n) is 3.45. The molecular weight excluding hydrogens is 237 g/mol. The van der Waals surface area contributed by atoms with Crippen molar-refractivity contribution in [2.45, 2.75) is 31.5 Å². The van der Waals surface area contributed by atoms with E-state index in [-0.39, 0.29) is 6.42 Å². The molecule has 0 N–H and O–H groups in total. The first kappa shape index (κ1) is 11.9. The predicted molar refractivity (Wildman–Crippen MR) is 64.9 cm³/mol. The Balaban J connectivity index is 1.88. The van der Waals surface area contributed by atoms with Crippen LogP contribution in [0.2, 0.25) is 0 Å². The fraction of sp³-hybridized carbons (Fsp3) is 0.385. The molecule has 0 bridgehead atoms. The van der Waals surface area contributed by atoms with Crippen molar-refractivity contribution in [3.05, 3.63) is 42.0 Å². The molecule has 94 valence electrons. The van der Waals surface area contributed by atoms with Crippen molar-refractivity contribution in [1.82, 2.24) is 0 Å². The number of hydrogen-bond donors (Lipinski definition) is 0. The molecule has 1 aliphatic carbocycles. The van der Waals surface area contributed by atoms with E-state index < -0.39 is 25.2 Å². The summed E-state index contributed by atoms with van der Waals surface area (Å²) in [6.07, 6.45) is -0.547. The van der Waals surface area contributed by atoms with E-state index in [4.69, 9.17) is 9.31 Å². The summed E-state index contributed by atoms with van der Waals surface area (Å²) in [6, 6.07) is 9.18. The summed E-state index contributed by atoms with van der Waals surface area (Å²) in [4.78, 5) is 0. The Morgan fingerprint density at radius 1 is 1.22 bits per heavy atom. The molecule has 1 saturated heterocycles. The van der Waals surface area contributed by atoms with Gasteiger partial charge in [-0.3, -0.25) is 0 Å². The average molecular weight is 250 g/mol. The molecule has 1 aliphatic heterocycles. The SMILES string of the molecule is CC1=CCC(F)(F)[C@H]2OB(c3ccccc3)O[C@@H]12. The van der Waals surface area contributed by atoms with Crippen LogP contribution in [-0.2, 0) is 9.31 Å². The molecule has 2 nitrogen and oxygen atoms in total. The van der Waals surface area contributed by atoms with Crippen LogP contribution in [0.15, 0.2) is 42.0 Å². The second kappa shape index (κ2) is 4.18. The van der Waals surface area contributed by atoms with E-state index in [1.165, 1.54) is 6.08 Å². The van der Waals surface area contributed by atoms with Crippen LogP contribution in [0, 0.1) is 0 Å². The van der Waals surface area contributed by atoms with Gasteiger partial charge in [0.1, 0.15) is 6.10 Å². The summed E-state index contributed by atoms with van der Waals surface area (Å²) < 4.78 is 38.6. The Bertz CT molecular complexity index is 475. The minimum atomic E-state index is -2.85. The molecule has 0 unspecified atom stereocenters. The van der Waals surface area contributed by atoms with E-state index in [0.29, 0.717) is 0 Å². The molecule has 0 saturated carbocycles. The monoisotopic (exact) mass is 250 g/mol. The summed E-state index contributed by atoms with van der Waals surface area (Å²) in [6.45, 7) is 1.81. The van der Waals surface area contributed by atoms with Gasteiger partial charge in [0.25, 0.3) is 5.92 Å². The van der Waals surface area contributed by atoms with Crippen LogP contribution in [0.4, 0.5) is 8.78 Å². The maximum absolute atomic E-state index is 13.8. The first-order valence-electron chi connectivity index (χ1n) is 5.98. The molecule has 0 spiro atoms. The summed E-state index contributed by atoms with van der Waals surface area (Å²) in [5.74, 6) is -2.85. The van der Waals surface area contributed by atoms with Crippen LogP contribution < -0.4 is 5.46 Å². The van der Waals surface area contributed by atoms with Gasteiger partial charge >= 0.3 is 7.12 Å². The Labute approximate surface area is 105 Å². The minimum absolute atomic E-state index is 0.273. The summed E-state index contributed by atoms with van der Waals surface area (Å²) in [7, 11) is -0.700. The third-order valence-corrected chi connectivity index (χ3v) is 3.45. The smallest absolute Gasteiger partial charge is 0.398 e. The van der Waals surface area contributed by atoms with E-state index in [9.17, 15) is 8.78 Å². The lowest BCUT2D eigenvalue weighted by Gasteiger charge is -2.30. The number of halogens is 2. The number of hydrogen-bond acceptors (Lipinski definition) is 2. The Morgan fingerprint density at radius 3 is 2.61 bits per heavy atom. The van der Waals surface area contributed by atoms with Crippen molar-refractivity contribution in [3.63, 3.8) is 0 Å². The Hall–Kier alpha value is -1.20. The molecule has 0 radical (unpaired) electrons. The van der Waals surface area contributed by atoms with Gasteiger partial charge in [0.05, 0.1) is 6.10 Å². The van der Waals surface area contributed by atoms with Gasteiger partial charge in [-0.15, -0.1) is 0 Å². The quantitative estimate of drug-likeness (QED) is 0.561. The van der Waals surface area contributed by atoms with E-state index >= 15 is 0 Å². The number of fused-ring (bicyclic) bond motifs is 1. The topological polar surface area (TPSA) is 18.5 Å². The van der Waals surface area contributed by atoms with Crippen molar-refractivity contribution in [2.75, 3.05) is 0 Å². The third kappa shape index (κ3) is 1.87. The van der Waals surface area contributed by atoms with Gasteiger partial charge in [0, 0.05) is 6.42 Å². The first-order chi connectivity index (χ1) is 8.58. The number of rotatable bonds is 1. The van der Waals surface area contributed by atoms with Crippen molar-refractivity contribution >= 4 is 12.6 Å². The van der Waals surface area contributed by atoms with Gasteiger partial charge in [-0.05, 0) is 18.0 Å². The molecule has 0 aromatic heterocycles. The molecule has 1 aromatic carbocycles. The molecule has 5 heteroatoms. The fourth-order valence-corrected chi connectivity index (χ4v) is 2.40. The lowest BCUT2D eigenvalue weighted by atomic mass is 9.79. The highest BCUT2D eigenvalue weighted by Crippen LogP contribution is 2.40. The zero-order valence-corrected chi connectivity index (χ0v) is 9.98.